The molecule has 0 aromatic carbocycles. The van der Waals surface area contributed by atoms with Gasteiger partial charge in [0, 0.05) is 6.42 Å². The molecule has 3 nitrogen and oxygen atoms in total. The Morgan fingerprint density at radius 1 is 0.810 bits per heavy atom. The number of hydrogen-bond donors (Lipinski definition) is 0. The molecule has 0 aromatic heterocycles. The molecule has 0 radical (unpaired) electrons. The van der Waals surface area contributed by atoms with Crippen LogP contribution in [0.4, 0.5) is 0 Å². The Bertz CT molecular complexity index is 249. The maximum Gasteiger partial charge on any atom is 0.305 e. The van der Waals surface area contributed by atoms with Crippen molar-refractivity contribution in [2.75, 3.05) is 13.2 Å². The van der Waals surface area contributed by atoms with Crippen molar-refractivity contribution in [3.8, 4) is 0 Å². The molecule has 0 saturated heterocycles. The summed E-state index contributed by atoms with van der Waals surface area (Å²) in [7, 11) is -1.47. The van der Waals surface area contributed by atoms with E-state index in [0.29, 0.717) is 19.6 Å². The fourth-order valence-corrected chi connectivity index (χ4v) is 2.85. The first-order valence-corrected chi connectivity index (χ1v) is 12.2. The van der Waals surface area contributed by atoms with E-state index in [2.05, 4.69) is 26.6 Å². The van der Waals surface area contributed by atoms with Gasteiger partial charge in [-0.3, -0.25) is 4.79 Å². The van der Waals surface area contributed by atoms with Gasteiger partial charge in [-0.25, -0.2) is 0 Å². The van der Waals surface area contributed by atoms with Crippen molar-refractivity contribution in [1.82, 2.24) is 0 Å². The minimum Gasteiger partial charge on any atom is -0.463 e. The van der Waals surface area contributed by atoms with E-state index in [4.69, 9.17) is 9.16 Å². The van der Waals surface area contributed by atoms with Crippen LogP contribution in [0.2, 0.25) is 19.6 Å². The van der Waals surface area contributed by atoms with Gasteiger partial charge in [0.25, 0.3) is 0 Å². The summed E-state index contributed by atoms with van der Waals surface area (Å²) in [6.45, 7) is 9.60. The molecule has 126 valence electrons. The maximum atomic E-state index is 11.5. The lowest BCUT2D eigenvalue weighted by Crippen LogP contribution is -2.27. The highest BCUT2D eigenvalue weighted by molar-refractivity contribution is 6.69. The van der Waals surface area contributed by atoms with E-state index in [1.54, 1.807) is 0 Å². The molecule has 0 aliphatic carbocycles. The first-order chi connectivity index (χ1) is 9.95. The van der Waals surface area contributed by atoms with Gasteiger partial charge < -0.3 is 9.16 Å². The zero-order chi connectivity index (χ0) is 16.0. The van der Waals surface area contributed by atoms with Gasteiger partial charge in [-0.2, -0.15) is 0 Å². The Labute approximate surface area is 132 Å². The highest BCUT2D eigenvalue weighted by atomic mass is 28.4. The minimum atomic E-state index is -1.47. The number of carbonyl (C=O) groups is 1. The summed E-state index contributed by atoms with van der Waals surface area (Å²) in [6, 6.07) is 0. The van der Waals surface area contributed by atoms with Crippen LogP contribution in [-0.2, 0) is 14.0 Å². The van der Waals surface area contributed by atoms with E-state index in [-0.39, 0.29) is 5.97 Å². The number of unbranched alkanes of at least 4 members (excludes halogenated alkanes) is 8. The van der Waals surface area contributed by atoms with Gasteiger partial charge in [0.05, 0.1) is 6.61 Å². The standard InChI is InChI=1S/C17H36O3Si/c1-5-6-7-8-9-10-11-12-13-14-17(18)19-15-16-20-21(2,3)4/h5-16H2,1-4H3. The van der Waals surface area contributed by atoms with Crippen LogP contribution in [0.15, 0.2) is 0 Å². The van der Waals surface area contributed by atoms with Crippen LogP contribution in [0.5, 0.6) is 0 Å². The fourth-order valence-electron chi connectivity index (χ4n) is 2.16. The van der Waals surface area contributed by atoms with Crippen LogP contribution >= 0.6 is 0 Å². The smallest absolute Gasteiger partial charge is 0.305 e. The lowest BCUT2D eigenvalue weighted by molar-refractivity contribution is -0.144. The highest BCUT2D eigenvalue weighted by Gasteiger charge is 2.13. The zero-order valence-electron chi connectivity index (χ0n) is 14.7. The molecule has 0 unspecified atom stereocenters. The molecule has 0 N–H and O–H groups in total. The first kappa shape index (κ1) is 20.6. The predicted molar refractivity (Wildman–Crippen MR) is 92.1 cm³/mol. The topological polar surface area (TPSA) is 35.5 Å². The molecule has 0 saturated carbocycles. The van der Waals surface area contributed by atoms with E-state index in [9.17, 15) is 4.79 Å². The van der Waals surface area contributed by atoms with Crippen molar-refractivity contribution in [3.63, 3.8) is 0 Å². The molecule has 0 amide bonds. The van der Waals surface area contributed by atoms with Gasteiger partial charge in [0.1, 0.15) is 6.61 Å². The average molecular weight is 317 g/mol. The molecule has 0 aliphatic heterocycles. The average Bonchev–Trinajstić information content (AvgIpc) is 2.41. The Balaban J connectivity index is 3.23. The van der Waals surface area contributed by atoms with Gasteiger partial charge in [0.15, 0.2) is 8.32 Å². The lowest BCUT2D eigenvalue weighted by atomic mass is 10.1. The summed E-state index contributed by atoms with van der Waals surface area (Å²) in [4.78, 5) is 11.5. The molecule has 4 heteroatoms. The zero-order valence-corrected chi connectivity index (χ0v) is 15.7. The van der Waals surface area contributed by atoms with E-state index < -0.39 is 8.32 Å². The van der Waals surface area contributed by atoms with Crippen molar-refractivity contribution in [3.05, 3.63) is 0 Å². The molecule has 0 atom stereocenters. The SMILES string of the molecule is CCCCCCCCCCCC(=O)OCCO[Si](C)(C)C. The Kier molecular flexibility index (Phi) is 13.1. The Hall–Kier alpha value is -0.353. The number of esters is 1. The van der Waals surface area contributed by atoms with Gasteiger partial charge >= 0.3 is 5.97 Å². The van der Waals surface area contributed by atoms with Crippen LogP contribution < -0.4 is 0 Å². The molecule has 21 heavy (non-hydrogen) atoms. The van der Waals surface area contributed by atoms with Gasteiger partial charge in [-0.15, -0.1) is 0 Å². The van der Waals surface area contributed by atoms with Crippen molar-refractivity contribution in [2.24, 2.45) is 0 Å². The van der Waals surface area contributed by atoms with Gasteiger partial charge in [-0.05, 0) is 26.1 Å². The van der Waals surface area contributed by atoms with Crippen molar-refractivity contribution in [2.45, 2.75) is 90.8 Å². The molecule has 0 aliphatic rings. The van der Waals surface area contributed by atoms with E-state index in [0.717, 1.165) is 12.8 Å². The third-order valence-electron chi connectivity index (χ3n) is 3.37. The molecule has 0 rings (SSSR count). The molecule has 0 fully saturated rings. The molecule has 0 bridgehead atoms. The summed E-state index contributed by atoms with van der Waals surface area (Å²) in [5.74, 6) is -0.0721. The fraction of sp³-hybridized carbons (Fsp3) is 0.941. The van der Waals surface area contributed by atoms with Crippen molar-refractivity contribution in [1.29, 1.82) is 0 Å². The first-order valence-electron chi connectivity index (χ1n) is 8.75. The van der Waals surface area contributed by atoms with Crippen LogP contribution in [-0.4, -0.2) is 27.5 Å². The van der Waals surface area contributed by atoms with E-state index in [1.165, 1.54) is 44.9 Å². The van der Waals surface area contributed by atoms with Crippen LogP contribution in [0, 0.1) is 0 Å². The molecule has 0 aromatic rings. The number of rotatable bonds is 14. The number of ether oxygens (including phenoxy) is 1. The third-order valence-corrected chi connectivity index (χ3v) is 4.44. The van der Waals surface area contributed by atoms with Crippen LogP contribution in [0.25, 0.3) is 0 Å². The summed E-state index contributed by atoms with van der Waals surface area (Å²) >= 11 is 0. The van der Waals surface area contributed by atoms with Crippen molar-refractivity contribution >= 4 is 14.3 Å². The summed E-state index contributed by atoms with van der Waals surface area (Å²) < 4.78 is 10.8. The summed E-state index contributed by atoms with van der Waals surface area (Å²) in [5, 5.41) is 0. The second kappa shape index (κ2) is 13.3. The Morgan fingerprint density at radius 3 is 1.86 bits per heavy atom. The van der Waals surface area contributed by atoms with Gasteiger partial charge in [-0.1, -0.05) is 58.3 Å². The molecular weight excluding hydrogens is 280 g/mol. The second-order valence-electron chi connectivity index (χ2n) is 6.76. The second-order valence-corrected chi connectivity index (χ2v) is 11.3. The summed E-state index contributed by atoms with van der Waals surface area (Å²) in [5.41, 5.74) is 0. The Morgan fingerprint density at radius 2 is 1.33 bits per heavy atom. The normalized spacial score (nSPS) is 11.6. The van der Waals surface area contributed by atoms with E-state index in [1.807, 2.05) is 0 Å². The number of carbonyl (C=O) groups excluding carboxylic acids is 1. The monoisotopic (exact) mass is 316 g/mol. The van der Waals surface area contributed by atoms with Gasteiger partial charge in [0.2, 0.25) is 0 Å². The quantitative estimate of drug-likeness (QED) is 0.248. The van der Waals surface area contributed by atoms with Crippen molar-refractivity contribution < 1.29 is 14.0 Å². The molecule has 0 heterocycles. The molecular formula is C17H36O3Si. The van der Waals surface area contributed by atoms with Crippen LogP contribution in [0.3, 0.4) is 0 Å². The minimum absolute atomic E-state index is 0.0721. The summed E-state index contributed by atoms with van der Waals surface area (Å²) in [6.07, 6.45) is 12.0. The molecule has 0 spiro atoms. The predicted octanol–water partition coefficient (Wildman–Crippen LogP) is 5.30. The van der Waals surface area contributed by atoms with Crippen LogP contribution in [0.1, 0.15) is 71.1 Å². The highest BCUT2D eigenvalue weighted by Crippen LogP contribution is 2.10. The largest absolute Gasteiger partial charge is 0.463 e. The van der Waals surface area contributed by atoms with E-state index >= 15 is 0 Å². The number of hydrogen-bond acceptors (Lipinski definition) is 3. The third kappa shape index (κ3) is 17.6. The maximum absolute atomic E-state index is 11.5. The lowest BCUT2D eigenvalue weighted by Gasteiger charge is -2.16.